The van der Waals surface area contributed by atoms with Crippen LogP contribution in [0.5, 0.6) is 0 Å². The Balaban J connectivity index is 1.39. The van der Waals surface area contributed by atoms with Gasteiger partial charge in [-0.3, -0.25) is 9.59 Å². The van der Waals surface area contributed by atoms with Crippen LogP contribution in [-0.4, -0.2) is 54.2 Å². The zero-order valence-corrected chi connectivity index (χ0v) is 16.2. The fraction of sp³-hybridized carbons (Fsp3) is 0.905. The first-order valence-electron chi connectivity index (χ1n) is 10.6. The molecule has 2 heterocycles. The van der Waals surface area contributed by atoms with E-state index in [-0.39, 0.29) is 11.8 Å². The Morgan fingerprint density at radius 2 is 1.52 bits per heavy atom. The predicted octanol–water partition coefficient (Wildman–Crippen LogP) is 3.35. The third kappa shape index (κ3) is 4.84. The first-order valence-corrected chi connectivity index (χ1v) is 10.6. The standard InChI is InChI=1S/C21H36N2O2/c1-3-20(24)18-4-6-19(7-5-18)21(25)23-12-9-17(10-13-23)15-22-11-8-16(2)14-22/h16-19H,3-15H2,1-2H3. The molecule has 3 aliphatic rings. The zero-order chi connectivity index (χ0) is 17.8. The maximum atomic E-state index is 12.8. The van der Waals surface area contributed by atoms with Crippen LogP contribution in [0.3, 0.4) is 0 Å². The van der Waals surface area contributed by atoms with Crippen LogP contribution in [0.25, 0.3) is 0 Å². The second kappa shape index (κ2) is 8.66. The highest BCUT2D eigenvalue weighted by Crippen LogP contribution is 2.32. The average Bonchev–Trinajstić information content (AvgIpc) is 3.06. The molecule has 25 heavy (non-hydrogen) atoms. The van der Waals surface area contributed by atoms with E-state index in [4.69, 9.17) is 0 Å². The summed E-state index contributed by atoms with van der Waals surface area (Å²) in [6.45, 7) is 9.95. The van der Waals surface area contributed by atoms with E-state index < -0.39 is 0 Å². The van der Waals surface area contributed by atoms with Crippen LogP contribution >= 0.6 is 0 Å². The van der Waals surface area contributed by atoms with Crippen LogP contribution in [0.2, 0.25) is 0 Å². The number of rotatable bonds is 5. The van der Waals surface area contributed by atoms with E-state index in [1.54, 1.807) is 0 Å². The Kier molecular flexibility index (Phi) is 6.54. The summed E-state index contributed by atoms with van der Waals surface area (Å²) >= 11 is 0. The molecule has 3 rings (SSSR count). The van der Waals surface area contributed by atoms with E-state index >= 15 is 0 Å². The number of hydrogen-bond acceptors (Lipinski definition) is 3. The second-order valence-corrected chi connectivity index (χ2v) is 8.79. The second-order valence-electron chi connectivity index (χ2n) is 8.79. The first-order chi connectivity index (χ1) is 12.1. The highest BCUT2D eigenvalue weighted by atomic mass is 16.2. The maximum Gasteiger partial charge on any atom is 0.225 e. The molecule has 4 heteroatoms. The monoisotopic (exact) mass is 348 g/mol. The lowest BCUT2D eigenvalue weighted by molar-refractivity contribution is -0.139. The lowest BCUT2D eigenvalue weighted by atomic mass is 9.78. The highest BCUT2D eigenvalue weighted by Gasteiger charge is 2.33. The van der Waals surface area contributed by atoms with E-state index in [2.05, 4.69) is 16.7 Å². The van der Waals surface area contributed by atoms with Crippen LogP contribution < -0.4 is 0 Å². The topological polar surface area (TPSA) is 40.6 Å². The van der Waals surface area contributed by atoms with Gasteiger partial charge in [0.15, 0.2) is 0 Å². The number of ketones is 1. The van der Waals surface area contributed by atoms with Crippen LogP contribution in [0.1, 0.15) is 65.2 Å². The van der Waals surface area contributed by atoms with Crippen molar-refractivity contribution in [3.63, 3.8) is 0 Å². The fourth-order valence-electron chi connectivity index (χ4n) is 5.10. The molecule has 2 aliphatic heterocycles. The molecule has 0 radical (unpaired) electrons. The number of nitrogens with zero attached hydrogens (tertiary/aromatic N) is 2. The molecular formula is C21H36N2O2. The molecule has 142 valence electrons. The molecule has 3 fully saturated rings. The Hall–Kier alpha value is -0.900. The fourth-order valence-corrected chi connectivity index (χ4v) is 5.10. The Bertz CT molecular complexity index is 463. The Labute approximate surface area is 153 Å². The highest BCUT2D eigenvalue weighted by molar-refractivity contribution is 5.82. The van der Waals surface area contributed by atoms with Gasteiger partial charge in [-0.15, -0.1) is 0 Å². The van der Waals surface area contributed by atoms with E-state index in [9.17, 15) is 9.59 Å². The smallest absolute Gasteiger partial charge is 0.225 e. The van der Waals surface area contributed by atoms with E-state index in [0.717, 1.165) is 50.6 Å². The molecule has 1 amide bonds. The molecular weight excluding hydrogens is 312 g/mol. The summed E-state index contributed by atoms with van der Waals surface area (Å²) in [6.07, 6.45) is 8.01. The summed E-state index contributed by atoms with van der Waals surface area (Å²) in [5.41, 5.74) is 0. The molecule has 0 N–H and O–H groups in total. The van der Waals surface area contributed by atoms with Gasteiger partial charge in [0.1, 0.15) is 5.78 Å². The van der Waals surface area contributed by atoms with Gasteiger partial charge in [0.05, 0.1) is 0 Å². The summed E-state index contributed by atoms with van der Waals surface area (Å²) < 4.78 is 0. The van der Waals surface area contributed by atoms with Gasteiger partial charge in [-0.05, 0) is 63.3 Å². The molecule has 0 bridgehead atoms. The van der Waals surface area contributed by atoms with Gasteiger partial charge >= 0.3 is 0 Å². The summed E-state index contributed by atoms with van der Waals surface area (Å²) in [4.78, 5) is 29.4. The number of carbonyl (C=O) groups excluding carboxylic acids is 2. The minimum Gasteiger partial charge on any atom is -0.342 e. The third-order valence-electron chi connectivity index (χ3n) is 6.83. The molecule has 0 spiro atoms. The summed E-state index contributed by atoms with van der Waals surface area (Å²) in [7, 11) is 0. The van der Waals surface area contributed by atoms with Crippen molar-refractivity contribution in [2.24, 2.45) is 23.7 Å². The number of amides is 1. The Morgan fingerprint density at radius 3 is 2.08 bits per heavy atom. The van der Waals surface area contributed by atoms with Gasteiger partial charge in [0, 0.05) is 44.4 Å². The van der Waals surface area contributed by atoms with Crippen LogP contribution in [0, 0.1) is 23.7 Å². The lowest BCUT2D eigenvalue weighted by Crippen LogP contribution is -2.44. The molecule has 0 aromatic heterocycles. The zero-order valence-electron chi connectivity index (χ0n) is 16.2. The van der Waals surface area contributed by atoms with Crippen LogP contribution in [0.15, 0.2) is 0 Å². The molecule has 0 aromatic carbocycles. The van der Waals surface area contributed by atoms with Crippen molar-refractivity contribution in [1.82, 2.24) is 9.80 Å². The van der Waals surface area contributed by atoms with E-state index in [1.807, 2.05) is 6.92 Å². The van der Waals surface area contributed by atoms with Crippen LogP contribution in [0.4, 0.5) is 0 Å². The molecule has 0 aromatic rings. The van der Waals surface area contributed by atoms with Crippen molar-refractivity contribution in [2.75, 3.05) is 32.7 Å². The average molecular weight is 349 g/mol. The summed E-state index contributed by atoms with van der Waals surface area (Å²) in [6, 6.07) is 0. The number of likely N-dealkylation sites (tertiary alicyclic amines) is 2. The predicted molar refractivity (Wildman–Crippen MR) is 100 cm³/mol. The molecule has 4 nitrogen and oxygen atoms in total. The van der Waals surface area contributed by atoms with Crippen molar-refractivity contribution < 1.29 is 9.59 Å². The van der Waals surface area contributed by atoms with Crippen LogP contribution in [-0.2, 0) is 9.59 Å². The minimum absolute atomic E-state index is 0.178. The van der Waals surface area contributed by atoms with E-state index in [0.29, 0.717) is 18.1 Å². The molecule has 1 atom stereocenters. The molecule has 1 saturated carbocycles. The molecule has 1 unspecified atom stereocenters. The van der Waals surface area contributed by atoms with Gasteiger partial charge in [-0.1, -0.05) is 13.8 Å². The number of piperidine rings is 1. The SMILES string of the molecule is CCC(=O)C1CCC(C(=O)N2CCC(CN3CCC(C)C3)CC2)CC1. The first kappa shape index (κ1) is 18.9. The van der Waals surface area contributed by atoms with Gasteiger partial charge < -0.3 is 9.80 Å². The van der Waals surface area contributed by atoms with Crippen molar-refractivity contribution in [3.8, 4) is 0 Å². The number of Topliss-reactive ketones (excluding diaryl/α,β-unsaturated/α-hetero) is 1. The van der Waals surface area contributed by atoms with E-state index in [1.165, 1.54) is 38.9 Å². The molecule has 1 aliphatic carbocycles. The van der Waals surface area contributed by atoms with Crippen molar-refractivity contribution in [1.29, 1.82) is 0 Å². The van der Waals surface area contributed by atoms with Crippen molar-refractivity contribution >= 4 is 11.7 Å². The summed E-state index contributed by atoms with van der Waals surface area (Å²) in [5.74, 6) is 2.79. The lowest BCUT2D eigenvalue weighted by Gasteiger charge is -2.37. The van der Waals surface area contributed by atoms with Gasteiger partial charge in [0.2, 0.25) is 5.91 Å². The normalized spacial score (nSPS) is 32.1. The number of carbonyl (C=O) groups is 2. The van der Waals surface area contributed by atoms with Crippen molar-refractivity contribution in [2.45, 2.75) is 65.2 Å². The minimum atomic E-state index is 0.178. The van der Waals surface area contributed by atoms with Gasteiger partial charge in [-0.2, -0.15) is 0 Å². The van der Waals surface area contributed by atoms with Gasteiger partial charge in [0.25, 0.3) is 0 Å². The number of hydrogen-bond donors (Lipinski definition) is 0. The van der Waals surface area contributed by atoms with Gasteiger partial charge in [-0.25, -0.2) is 0 Å². The largest absolute Gasteiger partial charge is 0.342 e. The quantitative estimate of drug-likeness (QED) is 0.765. The maximum absolute atomic E-state index is 12.8. The molecule has 2 saturated heterocycles. The van der Waals surface area contributed by atoms with Crippen molar-refractivity contribution in [3.05, 3.63) is 0 Å². The summed E-state index contributed by atoms with van der Waals surface area (Å²) in [5, 5.41) is 0. The Morgan fingerprint density at radius 1 is 0.880 bits per heavy atom. The third-order valence-corrected chi connectivity index (χ3v) is 6.83.